The minimum Gasteiger partial charge on any atom is -0.466 e. The predicted octanol–water partition coefficient (Wildman–Crippen LogP) is 2.79. The van der Waals surface area contributed by atoms with Gasteiger partial charge in [-0.05, 0) is 54.9 Å². The molecule has 0 atom stereocenters. The van der Waals surface area contributed by atoms with Gasteiger partial charge in [0.15, 0.2) is 5.65 Å². The van der Waals surface area contributed by atoms with Crippen molar-refractivity contribution < 1.29 is 28.6 Å². The molecule has 0 aliphatic rings. The zero-order chi connectivity index (χ0) is 26.6. The summed E-state index contributed by atoms with van der Waals surface area (Å²) < 4.78 is 16.8. The van der Waals surface area contributed by atoms with E-state index in [1.165, 1.54) is 10.8 Å². The molecule has 2 rings (SSSR count). The third-order valence-electron chi connectivity index (χ3n) is 4.15. The number of aromatic nitrogens is 4. The lowest BCUT2D eigenvalue weighted by Crippen LogP contribution is -2.44. The Labute approximate surface area is 202 Å². The minimum atomic E-state index is -1.07. The number of rotatable bonds is 6. The summed E-state index contributed by atoms with van der Waals surface area (Å²) in [6, 6.07) is 0. The van der Waals surface area contributed by atoms with Crippen LogP contribution in [0.5, 0.6) is 0 Å². The summed E-state index contributed by atoms with van der Waals surface area (Å²) in [5.41, 5.74) is 3.32. The molecule has 2 N–H and O–H groups in total. The molecule has 0 radical (unpaired) electrons. The second-order valence-electron chi connectivity index (χ2n) is 9.54. The van der Waals surface area contributed by atoms with E-state index in [2.05, 4.69) is 15.0 Å². The van der Waals surface area contributed by atoms with Crippen LogP contribution >= 0.6 is 0 Å². The molecule has 2 heterocycles. The second-order valence-corrected chi connectivity index (χ2v) is 9.54. The number of hydrogen-bond donors (Lipinski definition) is 1. The molecule has 0 bridgehead atoms. The Balaban J connectivity index is 2.57. The number of amides is 2. The van der Waals surface area contributed by atoms with Crippen LogP contribution in [0.25, 0.3) is 11.0 Å². The standard InChI is InChI=1S/C22H32N6O7/c1-8-33-14(29)10-9-11-27-16-13(15(23)25-18(27)30)12-24-17(26-16)28(19(31)34-21(2,3)4)20(32)35-22(5,6)7/h12H,8-11H2,1-7H3,(H2,23,25,30). The van der Waals surface area contributed by atoms with Gasteiger partial charge in [0.1, 0.15) is 17.0 Å². The largest absolute Gasteiger partial charge is 0.466 e. The van der Waals surface area contributed by atoms with Gasteiger partial charge in [0, 0.05) is 19.2 Å². The summed E-state index contributed by atoms with van der Waals surface area (Å²) in [6.45, 7) is 11.8. The smallest absolute Gasteiger partial charge is 0.427 e. The highest BCUT2D eigenvalue weighted by molar-refractivity contribution is 6.08. The lowest BCUT2D eigenvalue weighted by molar-refractivity contribution is -0.143. The van der Waals surface area contributed by atoms with E-state index in [9.17, 15) is 19.2 Å². The van der Waals surface area contributed by atoms with Crippen molar-refractivity contribution >= 4 is 41.0 Å². The molecular weight excluding hydrogens is 460 g/mol. The fourth-order valence-corrected chi connectivity index (χ4v) is 2.84. The number of carbonyl (C=O) groups is 3. The van der Waals surface area contributed by atoms with Gasteiger partial charge in [0.2, 0.25) is 5.95 Å². The third-order valence-corrected chi connectivity index (χ3v) is 4.15. The number of nitrogens with two attached hydrogens (primary N) is 1. The SMILES string of the molecule is CCOC(=O)CCCn1c(=O)nc(N)c2cnc(N(C(=O)OC(C)(C)C)C(=O)OC(C)(C)C)nc21. The monoisotopic (exact) mass is 492 g/mol. The van der Waals surface area contributed by atoms with Crippen molar-refractivity contribution in [2.24, 2.45) is 0 Å². The lowest BCUT2D eigenvalue weighted by atomic mass is 10.2. The van der Waals surface area contributed by atoms with Gasteiger partial charge in [-0.25, -0.2) is 19.4 Å². The van der Waals surface area contributed by atoms with Crippen molar-refractivity contribution in [2.75, 3.05) is 17.2 Å². The first kappa shape index (κ1) is 27.5. The van der Waals surface area contributed by atoms with E-state index < -0.39 is 35.0 Å². The number of nitrogen functional groups attached to an aromatic ring is 1. The van der Waals surface area contributed by atoms with Crippen molar-refractivity contribution in [1.82, 2.24) is 19.5 Å². The van der Waals surface area contributed by atoms with Gasteiger partial charge in [-0.3, -0.25) is 9.36 Å². The summed E-state index contributed by atoms with van der Waals surface area (Å²) in [5.74, 6) is -0.922. The zero-order valence-electron chi connectivity index (χ0n) is 21.1. The highest BCUT2D eigenvalue weighted by atomic mass is 16.6. The first-order valence-corrected chi connectivity index (χ1v) is 11.1. The van der Waals surface area contributed by atoms with Crippen LogP contribution in [0.3, 0.4) is 0 Å². The molecule has 13 nitrogen and oxygen atoms in total. The Kier molecular flexibility index (Phi) is 8.37. The van der Waals surface area contributed by atoms with Crippen molar-refractivity contribution in [3.8, 4) is 0 Å². The van der Waals surface area contributed by atoms with Crippen LogP contribution in [0, 0.1) is 0 Å². The van der Waals surface area contributed by atoms with E-state index in [0.717, 1.165) is 0 Å². The second kappa shape index (κ2) is 10.7. The molecule has 2 aromatic heterocycles. The van der Waals surface area contributed by atoms with Gasteiger partial charge >= 0.3 is 23.8 Å². The molecule has 13 heteroatoms. The van der Waals surface area contributed by atoms with E-state index in [4.69, 9.17) is 19.9 Å². The first-order valence-electron chi connectivity index (χ1n) is 11.1. The van der Waals surface area contributed by atoms with Crippen LogP contribution in [0.4, 0.5) is 21.4 Å². The molecule has 0 aliphatic heterocycles. The molecule has 0 saturated heterocycles. The van der Waals surface area contributed by atoms with Crippen molar-refractivity contribution in [3.63, 3.8) is 0 Å². The Hall–Kier alpha value is -3.77. The fraction of sp³-hybridized carbons (Fsp3) is 0.591. The number of anilines is 2. The predicted molar refractivity (Wildman–Crippen MR) is 127 cm³/mol. The van der Waals surface area contributed by atoms with Gasteiger partial charge in [-0.1, -0.05) is 0 Å². The number of aryl methyl sites for hydroxylation is 1. The highest BCUT2D eigenvalue weighted by Gasteiger charge is 2.35. The third kappa shape index (κ3) is 7.62. The summed E-state index contributed by atoms with van der Waals surface area (Å²) >= 11 is 0. The van der Waals surface area contributed by atoms with Crippen LogP contribution in [0.2, 0.25) is 0 Å². The molecular formula is C22H32N6O7. The van der Waals surface area contributed by atoms with Crippen LogP contribution in [0.1, 0.15) is 61.3 Å². The van der Waals surface area contributed by atoms with Crippen molar-refractivity contribution in [1.29, 1.82) is 0 Å². The number of nitrogens with zero attached hydrogens (tertiary/aromatic N) is 5. The maximum atomic E-state index is 12.9. The van der Waals surface area contributed by atoms with Gasteiger partial charge in [-0.15, -0.1) is 4.90 Å². The van der Waals surface area contributed by atoms with Gasteiger partial charge in [0.25, 0.3) is 0 Å². The van der Waals surface area contributed by atoms with Crippen LogP contribution < -0.4 is 16.3 Å². The molecule has 2 amide bonds. The normalized spacial score (nSPS) is 11.7. The Morgan fingerprint density at radius 3 is 2.11 bits per heavy atom. The highest BCUT2D eigenvalue weighted by Crippen LogP contribution is 2.22. The topological polar surface area (TPSA) is 169 Å². The van der Waals surface area contributed by atoms with Gasteiger partial charge in [0.05, 0.1) is 12.0 Å². The maximum absolute atomic E-state index is 12.9. The Morgan fingerprint density at radius 2 is 1.60 bits per heavy atom. The average molecular weight is 493 g/mol. The number of ether oxygens (including phenoxy) is 3. The zero-order valence-corrected chi connectivity index (χ0v) is 21.1. The summed E-state index contributed by atoms with van der Waals surface area (Å²) in [6.07, 6.45) is -0.580. The molecule has 0 aromatic carbocycles. The van der Waals surface area contributed by atoms with E-state index in [1.54, 1.807) is 48.5 Å². The maximum Gasteiger partial charge on any atom is 0.427 e. The number of fused-ring (bicyclic) bond motifs is 1. The van der Waals surface area contributed by atoms with Crippen molar-refractivity contribution in [3.05, 3.63) is 16.7 Å². The number of carbonyl (C=O) groups excluding carboxylic acids is 3. The number of esters is 1. The van der Waals surface area contributed by atoms with Crippen LogP contribution in [0.15, 0.2) is 11.0 Å². The van der Waals surface area contributed by atoms with Gasteiger partial charge in [-0.2, -0.15) is 9.97 Å². The molecule has 35 heavy (non-hydrogen) atoms. The first-order chi connectivity index (χ1) is 16.1. The Morgan fingerprint density at radius 1 is 1.03 bits per heavy atom. The molecule has 0 aliphatic carbocycles. The molecule has 0 saturated carbocycles. The molecule has 192 valence electrons. The van der Waals surface area contributed by atoms with E-state index in [-0.39, 0.29) is 48.8 Å². The summed E-state index contributed by atoms with van der Waals surface area (Å²) in [7, 11) is 0. The van der Waals surface area contributed by atoms with Gasteiger partial charge < -0.3 is 19.9 Å². The van der Waals surface area contributed by atoms with E-state index in [0.29, 0.717) is 4.90 Å². The van der Waals surface area contributed by atoms with Crippen LogP contribution in [-0.2, 0) is 25.5 Å². The van der Waals surface area contributed by atoms with E-state index >= 15 is 0 Å². The quantitative estimate of drug-likeness (QED) is 0.464. The number of hydrogen-bond acceptors (Lipinski definition) is 11. The van der Waals surface area contributed by atoms with E-state index in [1.807, 2.05) is 0 Å². The molecule has 0 spiro atoms. The van der Waals surface area contributed by atoms with Crippen molar-refractivity contribution in [2.45, 2.75) is 79.1 Å². The lowest BCUT2D eigenvalue weighted by Gasteiger charge is -2.27. The summed E-state index contributed by atoms with van der Waals surface area (Å²) in [4.78, 5) is 62.7. The molecule has 0 fully saturated rings. The minimum absolute atomic E-state index is 0.0217. The average Bonchev–Trinajstić information content (AvgIpc) is 2.68. The van der Waals surface area contributed by atoms with Crippen LogP contribution in [-0.4, -0.2) is 55.5 Å². The summed E-state index contributed by atoms with van der Waals surface area (Å²) in [5, 5.41) is 0.220. The Bertz CT molecular complexity index is 1140. The molecule has 0 unspecified atom stereocenters. The number of imide groups is 1. The molecule has 2 aromatic rings. The fourth-order valence-electron chi connectivity index (χ4n) is 2.84.